The molecule has 3 N–H and O–H groups in total. The number of carbonyl (C=O) groups is 1. The highest BCUT2D eigenvalue weighted by Crippen LogP contribution is 2.17. The van der Waals surface area contributed by atoms with Gasteiger partial charge in [0.2, 0.25) is 10.0 Å². The van der Waals surface area contributed by atoms with Crippen molar-refractivity contribution in [1.29, 1.82) is 0 Å². The standard InChI is InChI=1S/C21H23FN4O4S/c1-2-30-21(27)19-13-25-26(17-5-3-4-16(22)12-17)20(19)14-24-11-10-15-6-8-18(9-7-15)31(23,28)29/h3-9,12-13,24H,2,10-11,14H2,1H3,(H2,23,28,29). The van der Waals surface area contributed by atoms with E-state index in [1.165, 1.54) is 35.1 Å². The van der Waals surface area contributed by atoms with Crippen LogP contribution >= 0.6 is 0 Å². The first-order valence-electron chi connectivity index (χ1n) is 9.62. The minimum Gasteiger partial charge on any atom is -0.462 e. The Morgan fingerprint density at radius 2 is 1.97 bits per heavy atom. The molecule has 0 aliphatic heterocycles. The molecule has 1 aromatic heterocycles. The summed E-state index contributed by atoms with van der Waals surface area (Å²) in [5, 5.41) is 12.6. The molecule has 0 radical (unpaired) electrons. The predicted octanol–water partition coefficient (Wildman–Crippen LogP) is 2.17. The molecule has 0 fully saturated rings. The van der Waals surface area contributed by atoms with E-state index in [2.05, 4.69) is 10.4 Å². The van der Waals surface area contributed by atoms with Crippen LogP contribution in [0, 0.1) is 5.82 Å². The molecule has 0 bridgehead atoms. The monoisotopic (exact) mass is 446 g/mol. The third kappa shape index (κ3) is 5.75. The van der Waals surface area contributed by atoms with E-state index >= 15 is 0 Å². The summed E-state index contributed by atoms with van der Waals surface area (Å²) in [7, 11) is -3.72. The van der Waals surface area contributed by atoms with Gasteiger partial charge in [-0.15, -0.1) is 0 Å². The van der Waals surface area contributed by atoms with Gasteiger partial charge in [0.05, 0.1) is 29.1 Å². The van der Waals surface area contributed by atoms with Crippen molar-refractivity contribution in [3.63, 3.8) is 0 Å². The molecule has 10 heteroatoms. The van der Waals surface area contributed by atoms with Gasteiger partial charge in [0.25, 0.3) is 0 Å². The molecule has 0 aliphatic carbocycles. The van der Waals surface area contributed by atoms with E-state index in [0.717, 1.165) is 5.56 Å². The van der Waals surface area contributed by atoms with E-state index in [9.17, 15) is 17.6 Å². The molecule has 0 amide bonds. The summed E-state index contributed by atoms with van der Waals surface area (Å²) >= 11 is 0. The van der Waals surface area contributed by atoms with Crippen molar-refractivity contribution in [2.45, 2.75) is 24.8 Å². The zero-order valence-corrected chi connectivity index (χ0v) is 17.7. The maximum atomic E-state index is 13.7. The molecule has 0 atom stereocenters. The van der Waals surface area contributed by atoms with Crippen molar-refractivity contribution >= 4 is 16.0 Å². The minimum absolute atomic E-state index is 0.0577. The van der Waals surface area contributed by atoms with Gasteiger partial charge in [0, 0.05) is 6.54 Å². The number of sulfonamides is 1. The minimum atomic E-state index is -3.72. The number of carbonyl (C=O) groups excluding carboxylic acids is 1. The number of benzene rings is 2. The van der Waals surface area contributed by atoms with Gasteiger partial charge in [-0.3, -0.25) is 0 Å². The molecule has 0 saturated carbocycles. The zero-order chi connectivity index (χ0) is 22.4. The van der Waals surface area contributed by atoms with Crippen LogP contribution in [0.4, 0.5) is 4.39 Å². The van der Waals surface area contributed by atoms with Gasteiger partial charge in [-0.2, -0.15) is 5.10 Å². The molecule has 2 aromatic carbocycles. The predicted molar refractivity (Wildman–Crippen MR) is 113 cm³/mol. The van der Waals surface area contributed by atoms with E-state index < -0.39 is 21.8 Å². The summed E-state index contributed by atoms with van der Waals surface area (Å²) < 4.78 is 42.9. The molecule has 31 heavy (non-hydrogen) atoms. The fourth-order valence-corrected chi connectivity index (χ4v) is 3.55. The van der Waals surface area contributed by atoms with Crippen LogP contribution in [0.15, 0.2) is 59.6 Å². The zero-order valence-electron chi connectivity index (χ0n) is 16.9. The lowest BCUT2D eigenvalue weighted by molar-refractivity contribution is 0.0525. The number of halogens is 1. The van der Waals surface area contributed by atoms with Gasteiger partial charge in [-0.1, -0.05) is 18.2 Å². The number of ether oxygens (including phenoxy) is 1. The molecular formula is C21H23FN4O4S. The van der Waals surface area contributed by atoms with Crippen molar-refractivity contribution in [3.05, 3.63) is 77.4 Å². The Labute approximate surface area is 179 Å². The smallest absolute Gasteiger partial charge is 0.341 e. The fraction of sp³-hybridized carbons (Fsp3) is 0.238. The summed E-state index contributed by atoms with van der Waals surface area (Å²) in [5.41, 5.74) is 2.26. The van der Waals surface area contributed by atoms with Gasteiger partial charge in [-0.05, 0) is 55.8 Å². The van der Waals surface area contributed by atoms with Crippen LogP contribution in [0.3, 0.4) is 0 Å². The Morgan fingerprint density at radius 3 is 2.61 bits per heavy atom. The maximum absolute atomic E-state index is 13.7. The van der Waals surface area contributed by atoms with E-state index in [0.29, 0.717) is 36.5 Å². The number of esters is 1. The average molecular weight is 447 g/mol. The lowest BCUT2D eigenvalue weighted by Crippen LogP contribution is -2.21. The Balaban J connectivity index is 1.72. The van der Waals surface area contributed by atoms with Crippen molar-refractivity contribution in [1.82, 2.24) is 15.1 Å². The second-order valence-electron chi connectivity index (χ2n) is 6.73. The Morgan fingerprint density at radius 1 is 1.23 bits per heavy atom. The highest BCUT2D eigenvalue weighted by molar-refractivity contribution is 7.89. The summed E-state index contributed by atoms with van der Waals surface area (Å²) in [5.74, 6) is -0.909. The quantitative estimate of drug-likeness (QED) is 0.384. The number of hydrogen-bond donors (Lipinski definition) is 2. The first-order chi connectivity index (χ1) is 14.8. The Hall–Kier alpha value is -3.08. The number of rotatable bonds is 9. The van der Waals surface area contributed by atoms with Crippen molar-refractivity contribution < 1.29 is 22.3 Å². The van der Waals surface area contributed by atoms with Gasteiger partial charge in [0.15, 0.2) is 0 Å². The van der Waals surface area contributed by atoms with Crippen LogP contribution in [0.5, 0.6) is 0 Å². The van der Waals surface area contributed by atoms with Crippen LogP contribution < -0.4 is 10.5 Å². The summed E-state index contributed by atoms with van der Waals surface area (Å²) in [6, 6.07) is 12.2. The molecule has 3 rings (SSSR count). The van der Waals surface area contributed by atoms with E-state index in [1.54, 1.807) is 31.2 Å². The first kappa shape index (κ1) is 22.6. The SMILES string of the molecule is CCOC(=O)c1cnn(-c2cccc(F)c2)c1CNCCc1ccc(S(N)(=O)=O)cc1. The molecule has 0 spiro atoms. The highest BCUT2D eigenvalue weighted by atomic mass is 32.2. The van der Waals surface area contributed by atoms with Gasteiger partial charge in [0.1, 0.15) is 11.4 Å². The molecule has 8 nitrogen and oxygen atoms in total. The van der Waals surface area contributed by atoms with Crippen LogP contribution in [0.1, 0.15) is 28.5 Å². The number of nitrogens with zero attached hydrogens (tertiary/aromatic N) is 2. The van der Waals surface area contributed by atoms with Gasteiger partial charge in [-0.25, -0.2) is 27.4 Å². The molecule has 0 aliphatic rings. The lowest BCUT2D eigenvalue weighted by Gasteiger charge is -2.11. The second-order valence-corrected chi connectivity index (χ2v) is 8.29. The largest absolute Gasteiger partial charge is 0.462 e. The summed E-state index contributed by atoms with van der Waals surface area (Å²) in [6.07, 6.45) is 2.03. The molecule has 3 aromatic rings. The topological polar surface area (TPSA) is 116 Å². The number of aromatic nitrogens is 2. The van der Waals surface area contributed by atoms with Gasteiger partial charge >= 0.3 is 5.97 Å². The fourth-order valence-electron chi connectivity index (χ4n) is 3.04. The maximum Gasteiger partial charge on any atom is 0.341 e. The van der Waals surface area contributed by atoms with Crippen LogP contribution in [0.25, 0.3) is 5.69 Å². The molecule has 0 unspecified atom stereocenters. The molecule has 0 saturated heterocycles. The third-order valence-corrected chi connectivity index (χ3v) is 5.48. The van der Waals surface area contributed by atoms with E-state index in [1.807, 2.05) is 0 Å². The van der Waals surface area contributed by atoms with Crippen molar-refractivity contribution in [3.8, 4) is 5.69 Å². The van der Waals surface area contributed by atoms with Crippen molar-refractivity contribution in [2.24, 2.45) is 5.14 Å². The van der Waals surface area contributed by atoms with Crippen LogP contribution in [-0.2, 0) is 27.7 Å². The lowest BCUT2D eigenvalue weighted by atomic mass is 10.1. The summed E-state index contributed by atoms with van der Waals surface area (Å²) in [6.45, 7) is 2.78. The number of nitrogens with two attached hydrogens (primary N) is 1. The Bertz CT molecular complexity index is 1160. The van der Waals surface area contributed by atoms with E-state index in [4.69, 9.17) is 9.88 Å². The molecule has 1 heterocycles. The second kappa shape index (κ2) is 9.82. The number of hydrogen-bond acceptors (Lipinski definition) is 6. The normalized spacial score (nSPS) is 11.5. The van der Waals surface area contributed by atoms with Crippen molar-refractivity contribution in [2.75, 3.05) is 13.2 Å². The average Bonchev–Trinajstić information content (AvgIpc) is 3.15. The third-order valence-electron chi connectivity index (χ3n) is 4.55. The number of nitrogens with one attached hydrogen (secondary N) is 1. The summed E-state index contributed by atoms with van der Waals surface area (Å²) in [4.78, 5) is 12.4. The first-order valence-corrected chi connectivity index (χ1v) is 11.2. The van der Waals surface area contributed by atoms with Crippen LogP contribution in [-0.4, -0.2) is 37.3 Å². The van der Waals surface area contributed by atoms with Crippen LogP contribution in [0.2, 0.25) is 0 Å². The Kier molecular flexibility index (Phi) is 7.16. The highest BCUT2D eigenvalue weighted by Gasteiger charge is 2.19. The van der Waals surface area contributed by atoms with E-state index in [-0.39, 0.29) is 11.5 Å². The number of primary sulfonamides is 1. The molecule has 164 valence electrons. The molecular weight excluding hydrogens is 423 g/mol. The van der Waals surface area contributed by atoms with Gasteiger partial charge < -0.3 is 10.1 Å².